The van der Waals surface area contributed by atoms with Crippen LogP contribution in [0, 0.1) is 0 Å². The number of hydrogen-bond acceptors (Lipinski definition) is 6. The number of aromatic amines is 1. The van der Waals surface area contributed by atoms with Gasteiger partial charge < -0.3 is 19.2 Å². The fourth-order valence-electron chi connectivity index (χ4n) is 6.83. The van der Waals surface area contributed by atoms with Crippen molar-refractivity contribution in [3.63, 3.8) is 0 Å². The number of pyridine rings is 1. The number of ether oxygens (including phenoxy) is 1. The molecule has 246 valence electrons. The lowest BCUT2D eigenvalue weighted by Crippen LogP contribution is -2.55. The maximum atomic E-state index is 14.1. The standard InChI is InChI=1S/C33H32F5N7O2/c1-47-30-22(16-20-6-2-3-7-23(20)41-30)25-17-39-29(40-25)27-18-43(21-10-12-32(34,35)13-11-21)14-15-44(27)28(46)19-45-26-9-5-4-8-24(26)42-31(45)33(36,37)38/h2-9,16-17,21,27H,10-15,18-19H2,1H3,(H,39,40). The van der Waals surface area contributed by atoms with Crippen LogP contribution in [0.4, 0.5) is 22.0 Å². The van der Waals surface area contributed by atoms with Gasteiger partial charge in [0.2, 0.25) is 23.5 Å². The van der Waals surface area contributed by atoms with E-state index in [9.17, 15) is 26.7 Å². The molecule has 1 atom stereocenters. The highest BCUT2D eigenvalue weighted by molar-refractivity contribution is 5.85. The van der Waals surface area contributed by atoms with E-state index in [1.807, 2.05) is 30.3 Å². The van der Waals surface area contributed by atoms with E-state index in [0.717, 1.165) is 15.5 Å². The summed E-state index contributed by atoms with van der Waals surface area (Å²) >= 11 is 0. The number of benzene rings is 2. The molecule has 1 aliphatic carbocycles. The Balaban J connectivity index is 1.23. The van der Waals surface area contributed by atoms with Gasteiger partial charge in [0.25, 0.3) is 0 Å². The molecular weight excluding hydrogens is 621 g/mol. The fourth-order valence-corrected chi connectivity index (χ4v) is 6.83. The van der Waals surface area contributed by atoms with Crippen LogP contribution in [0.5, 0.6) is 5.88 Å². The van der Waals surface area contributed by atoms with Gasteiger partial charge in [0, 0.05) is 43.9 Å². The molecule has 2 aromatic carbocycles. The molecule has 4 heterocycles. The highest BCUT2D eigenvalue weighted by Gasteiger charge is 2.42. The van der Waals surface area contributed by atoms with Crippen LogP contribution in [-0.4, -0.2) is 78.9 Å². The third-order valence-corrected chi connectivity index (χ3v) is 9.22. The Hall–Kier alpha value is -4.59. The molecule has 0 spiro atoms. The van der Waals surface area contributed by atoms with Crippen molar-refractivity contribution < 1.29 is 31.5 Å². The number of carbonyl (C=O) groups excluding carboxylic acids is 1. The summed E-state index contributed by atoms with van der Waals surface area (Å²) in [7, 11) is 1.51. The summed E-state index contributed by atoms with van der Waals surface area (Å²) in [5, 5.41) is 0.877. The number of H-pyrrole nitrogens is 1. The molecular formula is C33H32F5N7O2. The molecule has 0 bridgehead atoms. The van der Waals surface area contributed by atoms with Crippen molar-refractivity contribution in [1.82, 2.24) is 34.3 Å². The fraction of sp³-hybridized carbons (Fsp3) is 0.394. The average molecular weight is 654 g/mol. The minimum Gasteiger partial charge on any atom is -0.480 e. The van der Waals surface area contributed by atoms with Gasteiger partial charge >= 0.3 is 6.18 Å². The molecule has 3 aromatic heterocycles. The van der Waals surface area contributed by atoms with E-state index in [-0.39, 0.29) is 43.0 Å². The second kappa shape index (κ2) is 11.9. The first-order valence-electron chi connectivity index (χ1n) is 15.4. The maximum Gasteiger partial charge on any atom is 0.449 e. The number of nitrogens with zero attached hydrogens (tertiary/aromatic N) is 6. The third kappa shape index (κ3) is 6.01. The Morgan fingerprint density at radius 2 is 1.74 bits per heavy atom. The Bertz CT molecular complexity index is 1930. The van der Waals surface area contributed by atoms with Gasteiger partial charge in [-0.1, -0.05) is 30.3 Å². The van der Waals surface area contributed by atoms with E-state index in [0.29, 0.717) is 42.3 Å². The minimum atomic E-state index is -4.77. The van der Waals surface area contributed by atoms with Gasteiger partial charge in [-0.2, -0.15) is 13.2 Å². The molecule has 5 aromatic rings. The zero-order valence-corrected chi connectivity index (χ0v) is 25.5. The zero-order valence-electron chi connectivity index (χ0n) is 25.5. The Labute approximate surface area is 266 Å². The quantitative estimate of drug-likeness (QED) is 0.212. The molecule has 1 amide bonds. The second-order valence-electron chi connectivity index (χ2n) is 12.1. The Morgan fingerprint density at radius 3 is 2.49 bits per heavy atom. The van der Waals surface area contributed by atoms with Crippen LogP contribution >= 0.6 is 0 Å². The molecule has 1 unspecified atom stereocenters. The van der Waals surface area contributed by atoms with E-state index in [1.165, 1.54) is 24.1 Å². The number of carbonyl (C=O) groups is 1. The van der Waals surface area contributed by atoms with Crippen molar-refractivity contribution in [3.8, 4) is 17.1 Å². The molecule has 1 saturated carbocycles. The molecule has 1 saturated heterocycles. The first-order chi connectivity index (χ1) is 22.5. The van der Waals surface area contributed by atoms with Crippen molar-refractivity contribution in [2.45, 2.75) is 56.4 Å². The molecule has 14 heteroatoms. The number of alkyl halides is 5. The summed E-state index contributed by atoms with van der Waals surface area (Å²) in [6, 6.07) is 14.9. The number of aromatic nitrogens is 5. The van der Waals surface area contributed by atoms with Gasteiger partial charge in [-0.15, -0.1) is 0 Å². The number of fused-ring (bicyclic) bond motifs is 2. The predicted octanol–water partition coefficient (Wildman–Crippen LogP) is 6.47. The molecule has 2 fully saturated rings. The number of piperazine rings is 1. The van der Waals surface area contributed by atoms with Crippen LogP contribution in [0.1, 0.15) is 43.4 Å². The number of amides is 1. The van der Waals surface area contributed by atoms with E-state index in [1.54, 1.807) is 18.3 Å². The summed E-state index contributed by atoms with van der Waals surface area (Å²) in [6.45, 7) is 0.267. The maximum absolute atomic E-state index is 14.1. The van der Waals surface area contributed by atoms with Crippen molar-refractivity contribution in [1.29, 1.82) is 0 Å². The van der Waals surface area contributed by atoms with Crippen LogP contribution in [0.3, 0.4) is 0 Å². The smallest absolute Gasteiger partial charge is 0.449 e. The van der Waals surface area contributed by atoms with Crippen LogP contribution in [0.25, 0.3) is 33.2 Å². The van der Waals surface area contributed by atoms with E-state index in [4.69, 9.17) is 4.74 Å². The van der Waals surface area contributed by atoms with Crippen molar-refractivity contribution in [2.75, 3.05) is 26.7 Å². The van der Waals surface area contributed by atoms with E-state index < -0.39 is 36.4 Å². The SMILES string of the molecule is COc1nc2ccccc2cc1-c1cnc(C2CN(C3CCC(F)(F)CC3)CCN2C(=O)Cn2c(C(F)(F)F)nc3ccccc32)[nH]1. The van der Waals surface area contributed by atoms with Crippen LogP contribution in [0.15, 0.2) is 60.8 Å². The van der Waals surface area contributed by atoms with Crippen molar-refractivity contribution in [2.24, 2.45) is 0 Å². The first kappa shape index (κ1) is 31.0. The highest BCUT2D eigenvalue weighted by Crippen LogP contribution is 2.38. The normalized spacial score (nSPS) is 19.4. The van der Waals surface area contributed by atoms with Gasteiger partial charge in [-0.25, -0.2) is 23.7 Å². The molecule has 0 radical (unpaired) electrons. The van der Waals surface area contributed by atoms with E-state index >= 15 is 0 Å². The first-order valence-corrected chi connectivity index (χ1v) is 15.4. The molecule has 1 aliphatic heterocycles. The van der Waals surface area contributed by atoms with Gasteiger partial charge in [-0.3, -0.25) is 9.69 Å². The largest absolute Gasteiger partial charge is 0.480 e. The van der Waals surface area contributed by atoms with Gasteiger partial charge in [0.15, 0.2) is 0 Å². The van der Waals surface area contributed by atoms with Crippen LogP contribution in [0.2, 0.25) is 0 Å². The lowest BCUT2D eigenvalue weighted by Gasteiger charge is -2.45. The van der Waals surface area contributed by atoms with Crippen LogP contribution < -0.4 is 4.74 Å². The number of methoxy groups -OCH3 is 1. The highest BCUT2D eigenvalue weighted by atomic mass is 19.4. The lowest BCUT2D eigenvalue weighted by atomic mass is 9.90. The van der Waals surface area contributed by atoms with Gasteiger partial charge in [0.05, 0.1) is 41.1 Å². The summed E-state index contributed by atoms with van der Waals surface area (Å²) in [5.74, 6) is -3.60. The topological polar surface area (TPSA) is 92.2 Å². The third-order valence-electron chi connectivity index (χ3n) is 9.22. The number of hydrogen-bond donors (Lipinski definition) is 1. The summed E-state index contributed by atoms with van der Waals surface area (Å²) in [4.78, 5) is 33.9. The van der Waals surface area contributed by atoms with Crippen molar-refractivity contribution >= 4 is 27.8 Å². The number of para-hydroxylation sites is 3. The molecule has 9 nitrogen and oxygen atoms in total. The lowest BCUT2D eigenvalue weighted by molar-refractivity contribution is -0.149. The molecule has 2 aliphatic rings. The molecule has 1 N–H and O–H groups in total. The predicted molar refractivity (Wildman–Crippen MR) is 164 cm³/mol. The number of halogens is 5. The number of nitrogens with one attached hydrogen (secondary N) is 1. The molecule has 47 heavy (non-hydrogen) atoms. The molecule has 7 rings (SSSR count). The monoisotopic (exact) mass is 653 g/mol. The summed E-state index contributed by atoms with van der Waals surface area (Å²) in [6.07, 6.45) is -2.97. The van der Waals surface area contributed by atoms with Crippen LogP contribution in [-0.2, 0) is 17.5 Å². The number of rotatable bonds is 6. The second-order valence-corrected chi connectivity index (χ2v) is 12.1. The van der Waals surface area contributed by atoms with E-state index in [2.05, 4.69) is 24.8 Å². The van der Waals surface area contributed by atoms with Gasteiger partial charge in [-0.05, 0) is 37.1 Å². The van der Waals surface area contributed by atoms with Crippen molar-refractivity contribution in [3.05, 3.63) is 72.4 Å². The average Bonchev–Trinajstić information content (AvgIpc) is 3.70. The summed E-state index contributed by atoms with van der Waals surface area (Å²) in [5.41, 5.74) is 2.30. The Kier molecular flexibility index (Phi) is 7.85. The Morgan fingerprint density at radius 1 is 1.02 bits per heavy atom. The summed E-state index contributed by atoms with van der Waals surface area (Å²) < 4.78 is 76.6. The minimum absolute atomic E-state index is 0.108. The number of imidazole rings is 2. The zero-order chi connectivity index (χ0) is 32.9. The van der Waals surface area contributed by atoms with Gasteiger partial charge in [0.1, 0.15) is 18.4 Å².